The Balaban J connectivity index is 1.75. The molecule has 7 nitrogen and oxygen atoms in total. The molecule has 8 heteroatoms. The van der Waals surface area contributed by atoms with E-state index in [1.165, 1.54) is 4.90 Å². The summed E-state index contributed by atoms with van der Waals surface area (Å²) >= 11 is 1.55. The highest BCUT2D eigenvalue weighted by Crippen LogP contribution is 2.32. The van der Waals surface area contributed by atoms with Gasteiger partial charge in [0.15, 0.2) is 0 Å². The lowest BCUT2D eigenvalue weighted by Crippen LogP contribution is -2.43. The van der Waals surface area contributed by atoms with Gasteiger partial charge in [-0.15, -0.1) is 0 Å². The predicted octanol–water partition coefficient (Wildman–Crippen LogP) is 2.38. The van der Waals surface area contributed by atoms with Crippen molar-refractivity contribution in [3.8, 4) is 0 Å². The molecule has 1 unspecified atom stereocenters. The van der Waals surface area contributed by atoms with Gasteiger partial charge in [0.25, 0.3) is 5.91 Å². The van der Waals surface area contributed by atoms with Crippen LogP contribution in [0.4, 0.5) is 4.79 Å². The Labute approximate surface area is 155 Å². The van der Waals surface area contributed by atoms with Crippen molar-refractivity contribution in [3.63, 3.8) is 0 Å². The van der Waals surface area contributed by atoms with Gasteiger partial charge in [0.2, 0.25) is 5.91 Å². The number of rotatable bonds is 5. The Bertz CT molecular complexity index is 858. The second-order valence-electron chi connectivity index (χ2n) is 6.65. The highest BCUT2D eigenvalue weighted by molar-refractivity contribution is 7.07. The molecule has 0 aromatic carbocycles. The summed E-state index contributed by atoms with van der Waals surface area (Å²) < 4.78 is 5.49. The van der Waals surface area contributed by atoms with Crippen molar-refractivity contribution in [2.45, 2.75) is 32.9 Å². The van der Waals surface area contributed by atoms with E-state index < -0.39 is 17.5 Å². The number of aryl methyl sites for hydroxylation is 2. The van der Waals surface area contributed by atoms with Crippen molar-refractivity contribution < 1.29 is 18.8 Å². The zero-order valence-corrected chi connectivity index (χ0v) is 16.0. The molecule has 0 radical (unpaired) electrons. The fraction of sp³-hybridized carbons (Fsp3) is 0.389. The molecule has 1 aliphatic rings. The summed E-state index contributed by atoms with van der Waals surface area (Å²) in [6.07, 6.45) is 0. The maximum Gasteiger partial charge on any atom is 0.325 e. The third kappa shape index (κ3) is 3.12. The quantitative estimate of drug-likeness (QED) is 0.814. The molecule has 3 heterocycles. The molecular weight excluding hydrogens is 354 g/mol. The average Bonchev–Trinajstić information content (AvgIpc) is 3.24. The second kappa shape index (κ2) is 6.60. The van der Waals surface area contributed by atoms with Crippen LogP contribution in [0.1, 0.15) is 29.6 Å². The molecule has 1 N–H and O–H groups in total. The zero-order valence-electron chi connectivity index (χ0n) is 15.2. The number of amides is 4. The number of carbonyl (C=O) groups is 3. The van der Waals surface area contributed by atoms with Gasteiger partial charge in [-0.2, -0.15) is 11.3 Å². The number of nitrogens with zero attached hydrogens (tertiary/aromatic N) is 2. The number of nitrogens with one attached hydrogen (secondary N) is 1. The molecule has 2 aromatic rings. The van der Waals surface area contributed by atoms with Crippen LogP contribution in [0.15, 0.2) is 27.3 Å². The highest BCUT2D eigenvalue weighted by Gasteiger charge is 2.51. The molecule has 0 bridgehead atoms. The van der Waals surface area contributed by atoms with E-state index in [-0.39, 0.29) is 12.5 Å². The smallest absolute Gasteiger partial charge is 0.325 e. The van der Waals surface area contributed by atoms with Crippen LogP contribution in [-0.2, 0) is 21.7 Å². The van der Waals surface area contributed by atoms with E-state index in [0.717, 1.165) is 10.5 Å². The van der Waals surface area contributed by atoms with Crippen LogP contribution < -0.4 is 5.32 Å². The van der Waals surface area contributed by atoms with E-state index in [0.29, 0.717) is 23.6 Å². The molecule has 1 atom stereocenters. The Morgan fingerprint density at radius 1 is 1.38 bits per heavy atom. The largest absolute Gasteiger partial charge is 0.466 e. The Hall–Kier alpha value is -2.61. The molecule has 1 saturated heterocycles. The number of hydrogen-bond donors (Lipinski definition) is 1. The number of furan rings is 1. The summed E-state index contributed by atoms with van der Waals surface area (Å²) in [6.45, 7) is 5.29. The van der Waals surface area contributed by atoms with Crippen molar-refractivity contribution in [1.29, 1.82) is 0 Å². The molecule has 4 amide bonds. The van der Waals surface area contributed by atoms with Crippen molar-refractivity contribution in [2.75, 3.05) is 13.6 Å². The van der Waals surface area contributed by atoms with E-state index in [1.807, 2.05) is 16.8 Å². The van der Waals surface area contributed by atoms with Crippen LogP contribution in [0, 0.1) is 13.8 Å². The van der Waals surface area contributed by atoms with E-state index in [2.05, 4.69) is 5.32 Å². The lowest BCUT2D eigenvalue weighted by Gasteiger charge is -2.22. The summed E-state index contributed by atoms with van der Waals surface area (Å²) in [6, 6.07) is 3.10. The molecule has 3 rings (SSSR count). The summed E-state index contributed by atoms with van der Waals surface area (Å²) in [7, 11) is 1.65. The van der Waals surface area contributed by atoms with Crippen LogP contribution in [-0.4, -0.2) is 41.2 Å². The molecule has 2 aromatic heterocycles. The number of urea groups is 1. The number of likely N-dealkylation sites (N-methyl/N-ethyl adjacent to an activating group) is 1. The number of thiophene rings is 1. The highest BCUT2D eigenvalue weighted by atomic mass is 32.1. The van der Waals surface area contributed by atoms with Crippen molar-refractivity contribution in [1.82, 2.24) is 15.1 Å². The average molecular weight is 375 g/mol. The van der Waals surface area contributed by atoms with E-state index in [4.69, 9.17) is 4.42 Å². The first-order chi connectivity index (χ1) is 12.2. The summed E-state index contributed by atoms with van der Waals surface area (Å²) in [5, 5.41) is 6.59. The lowest BCUT2D eigenvalue weighted by molar-refractivity contribution is -0.138. The van der Waals surface area contributed by atoms with Gasteiger partial charge in [0.05, 0.1) is 0 Å². The van der Waals surface area contributed by atoms with E-state index in [9.17, 15) is 14.4 Å². The van der Waals surface area contributed by atoms with Gasteiger partial charge in [-0.05, 0) is 49.2 Å². The van der Waals surface area contributed by atoms with Crippen LogP contribution in [0.5, 0.6) is 0 Å². The molecule has 1 aliphatic heterocycles. The van der Waals surface area contributed by atoms with Crippen molar-refractivity contribution >= 4 is 29.2 Å². The van der Waals surface area contributed by atoms with Crippen molar-refractivity contribution in [3.05, 3.63) is 45.5 Å². The predicted molar refractivity (Wildman–Crippen MR) is 96.6 cm³/mol. The summed E-state index contributed by atoms with van der Waals surface area (Å²) in [5.41, 5.74) is 0.387. The normalized spacial score (nSPS) is 19.8. The SMILES string of the molecule is Cc1cc(C2(C)NC(=O)N(CC(=O)N(C)Cc3ccsc3)C2=O)c(C)o1. The van der Waals surface area contributed by atoms with Crippen LogP contribution in [0.25, 0.3) is 0 Å². The van der Waals surface area contributed by atoms with Gasteiger partial charge in [-0.3, -0.25) is 14.5 Å². The summed E-state index contributed by atoms with van der Waals surface area (Å²) in [5.74, 6) is 0.472. The number of hydrogen-bond acceptors (Lipinski definition) is 5. The number of imide groups is 1. The van der Waals surface area contributed by atoms with Gasteiger partial charge in [-0.25, -0.2) is 4.79 Å². The monoisotopic (exact) mass is 375 g/mol. The Kier molecular flexibility index (Phi) is 4.62. The Morgan fingerprint density at radius 2 is 2.12 bits per heavy atom. The first kappa shape index (κ1) is 18.2. The van der Waals surface area contributed by atoms with E-state index >= 15 is 0 Å². The minimum Gasteiger partial charge on any atom is -0.466 e. The van der Waals surface area contributed by atoms with E-state index in [1.54, 1.807) is 45.2 Å². The fourth-order valence-electron chi connectivity index (χ4n) is 3.15. The van der Waals surface area contributed by atoms with Gasteiger partial charge < -0.3 is 14.6 Å². The number of carbonyl (C=O) groups excluding carboxylic acids is 3. The van der Waals surface area contributed by atoms with Crippen molar-refractivity contribution in [2.24, 2.45) is 0 Å². The first-order valence-electron chi connectivity index (χ1n) is 8.19. The van der Waals surface area contributed by atoms with Gasteiger partial charge >= 0.3 is 6.03 Å². The standard InChI is InChI=1S/C18H21N3O4S/c1-11-7-14(12(2)25-11)18(3)16(23)21(17(24)19-18)9-15(22)20(4)8-13-5-6-26-10-13/h5-7,10H,8-9H2,1-4H3,(H,19,24). The minimum atomic E-state index is -1.23. The second-order valence-corrected chi connectivity index (χ2v) is 7.43. The maximum absolute atomic E-state index is 12.9. The molecule has 138 valence electrons. The van der Waals surface area contributed by atoms with Crippen LogP contribution in [0.2, 0.25) is 0 Å². The maximum atomic E-state index is 12.9. The molecule has 1 fully saturated rings. The third-order valence-corrected chi connectivity index (χ3v) is 5.31. The first-order valence-corrected chi connectivity index (χ1v) is 9.13. The third-order valence-electron chi connectivity index (χ3n) is 4.57. The lowest BCUT2D eigenvalue weighted by atomic mass is 9.92. The molecular formula is C18H21N3O4S. The molecule has 0 saturated carbocycles. The molecule has 26 heavy (non-hydrogen) atoms. The van der Waals surface area contributed by atoms with Gasteiger partial charge in [0, 0.05) is 19.2 Å². The minimum absolute atomic E-state index is 0.295. The van der Waals surface area contributed by atoms with Crippen LogP contribution in [0.3, 0.4) is 0 Å². The Morgan fingerprint density at radius 3 is 2.69 bits per heavy atom. The fourth-order valence-corrected chi connectivity index (χ4v) is 3.81. The summed E-state index contributed by atoms with van der Waals surface area (Å²) in [4.78, 5) is 40.2. The van der Waals surface area contributed by atoms with Crippen LogP contribution >= 0.6 is 11.3 Å². The van der Waals surface area contributed by atoms with Gasteiger partial charge in [-0.1, -0.05) is 0 Å². The topological polar surface area (TPSA) is 82.9 Å². The van der Waals surface area contributed by atoms with Gasteiger partial charge in [0.1, 0.15) is 23.6 Å². The molecule has 0 aliphatic carbocycles. The molecule has 0 spiro atoms. The zero-order chi connectivity index (χ0) is 19.1.